The van der Waals surface area contributed by atoms with E-state index in [2.05, 4.69) is 20.8 Å². The molecule has 1 aliphatic carbocycles. The smallest absolute Gasteiger partial charge is 0.144 e. The largest absolute Gasteiger partial charge is 0.376 e. The molecule has 0 amide bonds. The van der Waals surface area contributed by atoms with Crippen LogP contribution < -0.4 is 0 Å². The Hall–Kier alpha value is 0.310. The first kappa shape index (κ1) is 14.7. The Morgan fingerprint density at radius 1 is 1.00 bits per heavy atom. The molecule has 2 heteroatoms. The van der Waals surface area contributed by atoms with Crippen molar-refractivity contribution >= 4 is 10.9 Å². The highest BCUT2D eigenvalue weighted by molar-refractivity contribution is 7.97. The van der Waals surface area contributed by atoms with Crippen LogP contribution in [0.1, 0.15) is 59.3 Å². The second kappa shape index (κ2) is 6.17. The van der Waals surface area contributed by atoms with Crippen LogP contribution in [0.2, 0.25) is 0 Å². The topological polar surface area (TPSA) is 9.23 Å². The lowest BCUT2D eigenvalue weighted by atomic mass is 9.71. The van der Waals surface area contributed by atoms with Gasteiger partial charge >= 0.3 is 0 Å². The van der Waals surface area contributed by atoms with Gasteiger partial charge in [0, 0.05) is 7.11 Å². The zero-order valence-electron chi connectivity index (χ0n) is 12.7. The molecule has 106 valence electrons. The maximum atomic E-state index is 5.89. The van der Waals surface area contributed by atoms with Crippen LogP contribution in [0, 0.1) is 11.3 Å². The molecule has 1 nitrogen and oxygen atoms in total. The zero-order valence-corrected chi connectivity index (χ0v) is 13.5. The first-order chi connectivity index (χ1) is 8.52. The fraction of sp³-hybridized carbons (Fsp3) is 1.00. The van der Waals surface area contributed by atoms with Crippen LogP contribution in [-0.2, 0) is 15.6 Å². The van der Waals surface area contributed by atoms with Gasteiger partial charge in [0.1, 0.15) is 22.9 Å². The van der Waals surface area contributed by atoms with Crippen LogP contribution in [0.4, 0.5) is 0 Å². The van der Waals surface area contributed by atoms with Crippen LogP contribution in [-0.4, -0.2) is 30.0 Å². The fourth-order valence-corrected chi connectivity index (χ4v) is 6.75. The van der Waals surface area contributed by atoms with Gasteiger partial charge in [-0.3, -0.25) is 0 Å². The third kappa shape index (κ3) is 3.45. The Bertz CT molecular complexity index is 252. The van der Waals surface area contributed by atoms with Crippen LogP contribution >= 0.6 is 0 Å². The van der Waals surface area contributed by atoms with E-state index in [0.717, 1.165) is 11.2 Å². The lowest BCUT2D eigenvalue weighted by Crippen LogP contribution is -2.46. The number of methoxy groups -OCH3 is 1. The van der Waals surface area contributed by atoms with E-state index < -0.39 is 0 Å². The molecule has 0 aromatic heterocycles. The van der Waals surface area contributed by atoms with Crippen molar-refractivity contribution in [3.8, 4) is 0 Å². The average Bonchev–Trinajstić information content (AvgIpc) is 2.38. The van der Waals surface area contributed by atoms with Crippen molar-refractivity contribution in [3.05, 3.63) is 0 Å². The summed E-state index contributed by atoms with van der Waals surface area (Å²) in [4.78, 5) is 0. The van der Waals surface area contributed by atoms with E-state index in [4.69, 9.17) is 4.74 Å². The Kier molecular flexibility index (Phi) is 5.05. The Labute approximate surface area is 116 Å². The molecule has 0 spiro atoms. The lowest BCUT2D eigenvalue weighted by molar-refractivity contribution is 0.0272. The molecule has 1 heterocycles. The maximum Gasteiger partial charge on any atom is 0.144 e. The molecule has 0 aromatic rings. The van der Waals surface area contributed by atoms with Crippen LogP contribution in [0.3, 0.4) is 0 Å². The molecular weight excluding hydrogens is 240 g/mol. The molecule has 1 saturated carbocycles. The summed E-state index contributed by atoms with van der Waals surface area (Å²) >= 11 is 0. The molecule has 0 bridgehead atoms. The second-order valence-corrected chi connectivity index (χ2v) is 9.69. The minimum Gasteiger partial charge on any atom is -0.376 e. The van der Waals surface area contributed by atoms with Crippen molar-refractivity contribution in [2.45, 2.75) is 70.7 Å². The van der Waals surface area contributed by atoms with E-state index in [-0.39, 0.29) is 0 Å². The molecule has 2 rings (SSSR count). The molecule has 2 aliphatic rings. The van der Waals surface area contributed by atoms with Gasteiger partial charge in [0.15, 0.2) is 0 Å². The highest BCUT2D eigenvalue weighted by atomic mass is 32.2. The van der Waals surface area contributed by atoms with Gasteiger partial charge in [0.25, 0.3) is 0 Å². The lowest BCUT2D eigenvalue weighted by Gasteiger charge is -2.40. The molecular formula is C16H31OS+. The van der Waals surface area contributed by atoms with Crippen molar-refractivity contribution in [3.63, 3.8) is 0 Å². The molecule has 0 aromatic carbocycles. The summed E-state index contributed by atoms with van der Waals surface area (Å²) in [7, 11) is 2.61. The summed E-state index contributed by atoms with van der Waals surface area (Å²) in [5, 5.41) is 0.883. The summed E-state index contributed by atoms with van der Waals surface area (Å²) in [5.41, 5.74) is 0.456. The van der Waals surface area contributed by atoms with Gasteiger partial charge < -0.3 is 4.74 Å². The van der Waals surface area contributed by atoms with Crippen LogP contribution in [0.5, 0.6) is 0 Å². The number of rotatable bonds is 2. The predicted molar refractivity (Wildman–Crippen MR) is 82.3 cm³/mol. The normalized spacial score (nSPS) is 35.7. The van der Waals surface area contributed by atoms with Gasteiger partial charge in [-0.15, -0.1) is 0 Å². The van der Waals surface area contributed by atoms with Gasteiger partial charge in [-0.05, 0) is 60.8 Å². The highest BCUT2D eigenvalue weighted by Gasteiger charge is 2.44. The summed E-state index contributed by atoms with van der Waals surface area (Å²) in [6, 6.07) is 0. The minimum atomic E-state index is 0.456. The third-order valence-corrected chi connectivity index (χ3v) is 8.02. The maximum absolute atomic E-state index is 5.89. The SMILES string of the molecule is COC1CC(C(C)(C)C)CCC1[S+]1CCCCC1. The molecule has 3 atom stereocenters. The minimum absolute atomic E-state index is 0.456. The number of hydrogen-bond donors (Lipinski definition) is 0. The molecule has 1 aliphatic heterocycles. The van der Waals surface area contributed by atoms with E-state index >= 15 is 0 Å². The van der Waals surface area contributed by atoms with E-state index in [0.29, 0.717) is 22.4 Å². The van der Waals surface area contributed by atoms with Crippen molar-refractivity contribution in [1.82, 2.24) is 0 Å². The van der Waals surface area contributed by atoms with Gasteiger partial charge in [-0.25, -0.2) is 0 Å². The molecule has 1 saturated heterocycles. The summed E-state index contributed by atoms with van der Waals surface area (Å²) < 4.78 is 5.89. The van der Waals surface area contributed by atoms with Gasteiger partial charge in [0.2, 0.25) is 0 Å². The second-order valence-electron chi connectivity index (χ2n) is 7.19. The van der Waals surface area contributed by atoms with Gasteiger partial charge in [0.05, 0.1) is 0 Å². The number of ether oxygens (including phenoxy) is 1. The quantitative estimate of drug-likeness (QED) is 0.689. The average molecular weight is 271 g/mol. The van der Waals surface area contributed by atoms with Crippen molar-refractivity contribution in [2.24, 2.45) is 11.3 Å². The van der Waals surface area contributed by atoms with Crippen LogP contribution in [0.25, 0.3) is 0 Å². The zero-order chi connectivity index (χ0) is 13.2. The summed E-state index contributed by atoms with van der Waals surface area (Å²) in [6.07, 6.45) is 9.11. The first-order valence-corrected chi connectivity index (χ1v) is 9.34. The standard InChI is InChI=1S/C16H31OS/c1-16(2,3)13-8-9-15(14(12-13)17-4)18-10-6-5-7-11-18/h13-15H,5-12H2,1-4H3/q+1. The summed E-state index contributed by atoms with van der Waals surface area (Å²) in [5.74, 6) is 3.84. The van der Waals surface area contributed by atoms with E-state index in [1.807, 2.05) is 7.11 Å². The molecule has 2 fully saturated rings. The van der Waals surface area contributed by atoms with E-state index in [1.165, 1.54) is 50.0 Å². The van der Waals surface area contributed by atoms with Gasteiger partial charge in [-0.1, -0.05) is 20.8 Å². The Morgan fingerprint density at radius 3 is 2.22 bits per heavy atom. The Balaban J connectivity index is 1.97. The van der Waals surface area contributed by atoms with Gasteiger partial charge in [-0.2, -0.15) is 0 Å². The molecule has 0 radical (unpaired) electrons. The highest BCUT2D eigenvalue weighted by Crippen LogP contribution is 2.41. The van der Waals surface area contributed by atoms with Crippen molar-refractivity contribution < 1.29 is 4.74 Å². The Morgan fingerprint density at radius 2 is 1.67 bits per heavy atom. The number of hydrogen-bond acceptors (Lipinski definition) is 1. The van der Waals surface area contributed by atoms with Crippen LogP contribution in [0.15, 0.2) is 0 Å². The molecule has 18 heavy (non-hydrogen) atoms. The summed E-state index contributed by atoms with van der Waals surface area (Å²) in [6.45, 7) is 7.19. The molecule has 0 N–H and O–H groups in total. The van der Waals surface area contributed by atoms with Crippen molar-refractivity contribution in [1.29, 1.82) is 0 Å². The van der Waals surface area contributed by atoms with E-state index in [1.54, 1.807) is 0 Å². The fourth-order valence-electron chi connectivity index (χ4n) is 3.67. The van der Waals surface area contributed by atoms with E-state index in [9.17, 15) is 0 Å². The third-order valence-electron chi connectivity index (χ3n) is 5.00. The monoisotopic (exact) mass is 271 g/mol. The predicted octanol–water partition coefficient (Wildman–Crippen LogP) is 4.02. The van der Waals surface area contributed by atoms with Crippen molar-refractivity contribution in [2.75, 3.05) is 18.6 Å². The molecule has 3 unspecified atom stereocenters. The first-order valence-electron chi connectivity index (χ1n) is 7.71.